The highest BCUT2D eigenvalue weighted by molar-refractivity contribution is 5.90. The van der Waals surface area contributed by atoms with Gasteiger partial charge in [-0.15, -0.1) is 0 Å². The lowest BCUT2D eigenvalue weighted by Gasteiger charge is -2.05. The average molecular weight is 237 g/mol. The first-order valence-electron chi connectivity index (χ1n) is 6.28. The van der Waals surface area contributed by atoms with Gasteiger partial charge in [-0.3, -0.25) is 4.79 Å². The van der Waals surface area contributed by atoms with Gasteiger partial charge >= 0.3 is 0 Å². The Morgan fingerprint density at radius 1 is 1.24 bits per heavy atom. The highest BCUT2D eigenvalue weighted by Gasteiger charge is 2.02. The van der Waals surface area contributed by atoms with E-state index in [1.807, 2.05) is 0 Å². The van der Waals surface area contributed by atoms with Gasteiger partial charge in [0.1, 0.15) is 5.82 Å². The van der Waals surface area contributed by atoms with Crippen LogP contribution in [-0.4, -0.2) is 5.91 Å². The molecule has 0 spiro atoms. The van der Waals surface area contributed by atoms with Crippen LogP contribution in [0.2, 0.25) is 0 Å². The van der Waals surface area contributed by atoms with E-state index in [9.17, 15) is 9.18 Å². The van der Waals surface area contributed by atoms with Gasteiger partial charge in [0.05, 0.1) is 0 Å². The zero-order valence-corrected chi connectivity index (χ0v) is 10.3. The Labute approximate surface area is 102 Å². The molecule has 0 bridgehead atoms. The second-order valence-corrected chi connectivity index (χ2v) is 4.22. The Morgan fingerprint density at radius 2 is 2.00 bits per heavy atom. The maximum Gasteiger partial charge on any atom is 0.224 e. The van der Waals surface area contributed by atoms with Crippen molar-refractivity contribution in [3.63, 3.8) is 0 Å². The van der Waals surface area contributed by atoms with Gasteiger partial charge in [0.2, 0.25) is 5.91 Å². The zero-order chi connectivity index (χ0) is 12.5. The zero-order valence-electron chi connectivity index (χ0n) is 10.3. The summed E-state index contributed by atoms with van der Waals surface area (Å²) in [5.74, 6) is -0.363. The minimum Gasteiger partial charge on any atom is -0.326 e. The average Bonchev–Trinajstić information content (AvgIpc) is 2.29. The summed E-state index contributed by atoms with van der Waals surface area (Å²) in [6.07, 6.45) is 6.12. The van der Waals surface area contributed by atoms with Crippen LogP contribution in [0.5, 0.6) is 0 Å². The first kappa shape index (κ1) is 13.7. The number of carbonyl (C=O) groups is 1. The number of anilines is 1. The van der Waals surface area contributed by atoms with Gasteiger partial charge < -0.3 is 5.32 Å². The highest BCUT2D eigenvalue weighted by Crippen LogP contribution is 2.11. The molecule has 1 aromatic carbocycles. The van der Waals surface area contributed by atoms with E-state index in [1.54, 1.807) is 12.1 Å². The third-order valence-corrected chi connectivity index (χ3v) is 2.62. The van der Waals surface area contributed by atoms with Gasteiger partial charge in [-0.2, -0.15) is 0 Å². The van der Waals surface area contributed by atoms with Crippen molar-refractivity contribution in [2.75, 3.05) is 5.32 Å². The summed E-state index contributed by atoms with van der Waals surface area (Å²) in [4.78, 5) is 11.5. The van der Waals surface area contributed by atoms with Gasteiger partial charge in [0.15, 0.2) is 0 Å². The molecule has 0 aliphatic carbocycles. The van der Waals surface area contributed by atoms with Crippen molar-refractivity contribution in [2.45, 2.75) is 45.4 Å². The molecule has 0 radical (unpaired) electrons. The van der Waals surface area contributed by atoms with E-state index in [0.717, 1.165) is 12.8 Å². The molecule has 94 valence electrons. The third kappa shape index (κ3) is 6.05. The number of hydrogen-bond acceptors (Lipinski definition) is 1. The molecule has 1 rings (SSSR count). The molecule has 3 heteroatoms. The van der Waals surface area contributed by atoms with Crippen molar-refractivity contribution in [3.8, 4) is 0 Å². The van der Waals surface area contributed by atoms with Gasteiger partial charge in [0, 0.05) is 12.1 Å². The normalized spacial score (nSPS) is 10.2. The van der Waals surface area contributed by atoms with Gasteiger partial charge in [-0.05, 0) is 24.6 Å². The molecule has 0 saturated heterocycles. The van der Waals surface area contributed by atoms with Crippen molar-refractivity contribution in [3.05, 3.63) is 30.1 Å². The second-order valence-electron chi connectivity index (χ2n) is 4.22. The van der Waals surface area contributed by atoms with E-state index < -0.39 is 0 Å². The third-order valence-electron chi connectivity index (χ3n) is 2.62. The van der Waals surface area contributed by atoms with Crippen LogP contribution in [0.15, 0.2) is 24.3 Å². The number of benzene rings is 1. The lowest BCUT2D eigenvalue weighted by molar-refractivity contribution is -0.116. The molecule has 0 saturated carbocycles. The SMILES string of the molecule is CCCCCCCC(=O)Nc1cccc(F)c1. The van der Waals surface area contributed by atoms with E-state index >= 15 is 0 Å². The van der Waals surface area contributed by atoms with E-state index in [0.29, 0.717) is 12.1 Å². The Bertz CT molecular complexity index is 352. The van der Waals surface area contributed by atoms with Crippen molar-refractivity contribution in [1.29, 1.82) is 0 Å². The molecule has 0 aliphatic heterocycles. The van der Waals surface area contributed by atoms with Gasteiger partial charge in [0.25, 0.3) is 0 Å². The Balaban J connectivity index is 2.21. The van der Waals surface area contributed by atoms with Crippen molar-refractivity contribution in [1.82, 2.24) is 0 Å². The lowest BCUT2D eigenvalue weighted by atomic mass is 10.1. The summed E-state index contributed by atoms with van der Waals surface area (Å²) < 4.78 is 12.9. The van der Waals surface area contributed by atoms with Crippen LogP contribution in [-0.2, 0) is 4.79 Å². The molecular formula is C14H20FNO. The van der Waals surface area contributed by atoms with Gasteiger partial charge in [-0.1, -0.05) is 38.7 Å². The maximum atomic E-state index is 12.9. The maximum absolute atomic E-state index is 12.9. The number of rotatable bonds is 7. The number of nitrogens with one attached hydrogen (secondary N) is 1. The molecule has 0 aromatic heterocycles. The Morgan fingerprint density at radius 3 is 2.71 bits per heavy atom. The number of carbonyl (C=O) groups excluding carboxylic acids is 1. The fourth-order valence-corrected chi connectivity index (χ4v) is 1.68. The van der Waals surface area contributed by atoms with Crippen molar-refractivity contribution >= 4 is 11.6 Å². The summed E-state index contributed by atoms with van der Waals surface area (Å²) in [5, 5.41) is 2.69. The van der Waals surface area contributed by atoms with E-state index in [1.165, 1.54) is 31.4 Å². The van der Waals surface area contributed by atoms with Crippen LogP contribution in [0.4, 0.5) is 10.1 Å². The minimum absolute atomic E-state index is 0.0351. The molecule has 0 aliphatic rings. The fraction of sp³-hybridized carbons (Fsp3) is 0.500. The number of hydrogen-bond donors (Lipinski definition) is 1. The largest absolute Gasteiger partial charge is 0.326 e. The number of halogens is 1. The topological polar surface area (TPSA) is 29.1 Å². The van der Waals surface area contributed by atoms with Crippen LogP contribution in [0.25, 0.3) is 0 Å². The van der Waals surface area contributed by atoms with Crippen LogP contribution >= 0.6 is 0 Å². The monoisotopic (exact) mass is 237 g/mol. The molecule has 1 aromatic rings. The Kier molecular flexibility index (Phi) is 6.30. The highest BCUT2D eigenvalue weighted by atomic mass is 19.1. The predicted molar refractivity (Wildman–Crippen MR) is 68.4 cm³/mol. The van der Waals surface area contributed by atoms with Crippen LogP contribution < -0.4 is 5.32 Å². The van der Waals surface area contributed by atoms with Gasteiger partial charge in [-0.25, -0.2) is 4.39 Å². The van der Waals surface area contributed by atoms with E-state index in [4.69, 9.17) is 0 Å². The lowest BCUT2D eigenvalue weighted by Crippen LogP contribution is -2.11. The smallest absolute Gasteiger partial charge is 0.224 e. The molecular weight excluding hydrogens is 217 g/mol. The standard InChI is InChI=1S/C14H20FNO/c1-2-3-4-5-6-10-14(17)16-13-9-7-8-12(15)11-13/h7-9,11H,2-6,10H2,1H3,(H,16,17). The molecule has 2 nitrogen and oxygen atoms in total. The molecule has 1 N–H and O–H groups in total. The second kappa shape index (κ2) is 7.82. The first-order chi connectivity index (χ1) is 8.22. The number of unbranched alkanes of at least 4 members (excludes halogenated alkanes) is 4. The van der Waals surface area contributed by atoms with Crippen LogP contribution in [0.3, 0.4) is 0 Å². The van der Waals surface area contributed by atoms with Crippen LogP contribution in [0.1, 0.15) is 45.4 Å². The fourth-order valence-electron chi connectivity index (χ4n) is 1.68. The molecule has 0 atom stereocenters. The summed E-state index contributed by atoms with van der Waals surface area (Å²) in [6, 6.07) is 5.97. The molecule has 17 heavy (non-hydrogen) atoms. The minimum atomic E-state index is -0.328. The van der Waals surface area contributed by atoms with E-state index in [-0.39, 0.29) is 11.7 Å². The summed E-state index contributed by atoms with van der Waals surface area (Å²) >= 11 is 0. The number of amides is 1. The molecule has 0 heterocycles. The molecule has 1 amide bonds. The molecule has 0 unspecified atom stereocenters. The predicted octanol–water partition coefficient (Wildman–Crippen LogP) is 4.12. The molecule has 0 fully saturated rings. The quantitative estimate of drug-likeness (QED) is 0.710. The van der Waals surface area contributed by atoms with Crippen LogP contribution in [0, 0.1) is 5.82 Å². The van der Waals surface area contributed by atoms with Crippen molar-refractivity contribution in [2.24, 2.45) is 0 Å². The van der Waals surface area contributed by atoms with Crippen molar-refractivity contribution < 1.29 is 9.18 Å². The Hall–Kier alpha value is -1.38. The summed E-state index contributed by atoms with van der Waals surface area (Å²) in [7, 11) is 0. The van der Waals surface area contributed by atoms with E-state index in [2.05, 4.69) is 12.2 Å². The first-order valence-corrected chi connectivity index (χ1v) is 6.28. The summed E-state index contributed by atoms with van der Waals surface area (Å²) in [6.45, 7) is 2.16. The summed E-state index contributed by atoms with van der Waals surface area (Å²) in [5.41, 5.74) is 0.531.